The molecule has 2 aromatic rings. The second kappa shape index (κ2) is 7.94. The van der Waals surface area contributed by atoms with Crippen LogP contribution in [-0.2, 0) is 20.7 Å². The van der Waals surface area contributed by atoms with Crippen LogP contribution in [0.4, 0.5) is 0 Å². The number of rotatable bonds is 5. The van der Waals surface area contributed by atoms with Crippen molar-refractivity contribution >= 4 is 22.8 Å². The van der Waals surface area contributed by atoms with E-state index in [1.54, 1.807) is 13.2 Å². The topological polar surface area (TPSA) is 68.5 Å². The number of fused-ring (bicyclic) bond motifs is 1. The first-order chi connectivity index (χ1) is 12.4. The summed E-state index contributed by atoms with van der Waals surface area (Å²) in [4.78, 5) is 24.5. The summed E-state index contributed by atoms with van der Waals surface area (Å²) >= 11 is 0. The van der Waals surface area contributed by atoms with Gasteiger partial charge in [-0.1, -0.05) is 19.3 Å². The molecule has 5 heteroatoms. The summed E-state index contributed by atoms with van der Waals surface area (Å²) in [5.41, 5.74) is 3.84. The van der Waals surface area contributed by atoms with Gasteiger partial charge in [-0.05, 0) is 56.9 Å². The molecular formula is C21H27NO4. The minimum absolute atomic E-state index is 0.0938. The monoisotopic (exact) mass is 357 g/mol. The van der Waals surface area contributed by atoms with Crippen LogP contribution in [0.5, 0.6) is 0 Å². The Morgan fingerprint density at radius 1 is 1.19 bits per heavy atom. The van der Waals surface area contributed by atoms with Crippen molar-refractivity contribution in [3.05, 3.63) is 35.1 Å². The molecule has 1 heterocycles. The molecule has 0 saturated heterocycles. The van der Waals surface area contributed by atoms with Crippen molar-refractivity contribution in [3.63, 3.8) is 0 Å². The van der Waals surface area contributed by atoms with E-state index in [0.29, 0.717) is 0 Å². The first-order valence-corrected chi connectivity index (χ1v) is 9.41. The van der Waals surface area contributed by atoms with Crippen molar-refractivity contribution < 1.29 is 18.7 Å². The number of hydrogen-bond donors (Lipinski definition) is 1. The molecule has 0 unspecified atom stereocenters. The van der Waals surface area contributed by atoms with Crippen molar-refractivity contribution in [2.45, 2.75) is 71.4 Å². The summed E-state index contributed by atoms with van der Waals surface area (Å²) in [6.45, 7) is 5.68. The van der Waals surface area contributed by atoms with Crippen LogP contribution in [0.3, 0.4) is 0 Å². The molecule has 1 aliphatic carbocycles. The molecule has 0 aliphatic heterocycles. The van der Waals surface area contributed by atoms with Gasteiger partial charge in [0.05, 0.1) is 12.7 Å². The molecule has 3 rings (SSSR count). The predicted molar refractivity (Wildman–Crippen MR) is 100.0 cm³/mol. The highest BCUT2D eigenvalue weighted by Crippen LogP contribution is 2.25. The Hall–Kier alpha value is -2.30. The lowest BCUT2D eigenvalue weighted by Crippen LogP contribution is -2.42. The number of ether oxygens (including phenoxy) is 1. The summed E-state index contributed by atoms with van der Waals surface area (Å²) in [5.74, 6) is -0.633. The van der Waals surface area contributed by atoms with Crippen molar-refractivity contribution in [2.75, 3.05) is 0 Å². The first-order valence-electron chi connectivity index (χ1n) is 9.41. The first kappa shape index (κ1) is 18.5. The van der Waals surface area contributed by atoms with Gasteiger partial charge in [-0.25, -0.2) is 0 Å². The van der Waals surface area contributed by atoms with E-state index in [1.807, 2.05) is 26.0 Å². The number of furan rings is 1. The van der Waals surface area contributed by atoms with Crippen LogP contribution in [0.25, 0.3) is 11.0 Å². The van der Waals surface area contributed by atoms with Crippen molar-refractivity contribution in [2.24, 2.45) is 0 Å². The van der Waals surface area contributed by atoms with Gasteiger partial charge in [0.25, 0.3) is 5.91 Å². The molecule has 0 spiro atoms. The smallest absolute Gasteiger partial charge is 0.311 e. The van der Waals surface area contributed by atoms with Crippen LogP contribution in [0.1, 0.15) is 55.7 Å². The zero-order valence-corrected chi connectivity index (χ0v) is 15.8. The van der Waals surface area contributed by atoms with Gasteiger partial charge >= 0.3 is 5.97 Å². The molecule has 0 bridgehead atoms. The van der Waals surface area contributed by atoms with Crippen LogP contribution >= 0.6 is 0 Å². The summed E-state index contributed by atoms with van der Waals surface area (Å²) in [5, 5.41) is 3.91. The zero-order chi connectivity index (χ0) is 18.7. The number of carbonyl (C=O) groups is 2. The number of esters is 1. The summed E-state index contributed by atoms with van der Waals surface area (Å²) < 4.78 is 10.9. The van der Waals surface area contributed by atoms with E-state index in [0.717, 1.165) is 53.3 Å². The Bertz CT molecular complexity index is 802. The van der Waals surface area contributed by atoms with Crippen LogP contribution in [-0.4, -0.2) is 24.0 Å². The third kappa shape index (κ3) is 4.26. The largest absolute Gasteiger partial charge is 0.464 e. The Morgan fingerprint density at radius 2 is 1.88 bits per heavy atom. The molecule has 1 aromatic carbocycles. The minimum Gasteiger partial charge on any atom is -0.464 e. The highest BCUT2D eigenvalue weighted by molar-refractivity contribution is 5.88. The van der Waals surface area contributed by atoms with Gasteiger partial charge in [-0.2, -0.15) is 0 Å². The zero-order valence-electron chi connectivity index (χ0n) is 15.8. The fourth-order valence-electron chi connectivity index (χ4n) is 3.49. The van der Waals surface area contributed by atoms with Crippen LogP contribution < -0.4 is 5.32 Å². The van der Waals surface area contributed by atoms with Gasteiger partial charge in [-0.15, -0.1) is 0 Å². The molecule has 1 aliphatic rings. The van der Waals surface area contributed by atoms with Gasteiger partial charge in [0.1, 0.15) is 5.58 Å². The number of nitrogens with one attached hydrogen (secondary N) is 1. The number of hydrogen-bond acceptors (Lipinski definition) is 4. The normalized spacial score (nSPS) is 16.4. The van der Waals surface area contributed by atoms with E-state index in [-0.39, 0.29) is 18.4 Å². The van der Waals surface area contributed by atoms with E-state index < -0.39 is 12.1 Å². The van der Waals surface area contributed by atoms with E-state index >= 15 is 0 Å². The molecule has 140 valence electrons. The fraction of sp³-hybridized carbons (Fsp3) is 0.524. The summed E-state index contributed by atoms with van der Waals surface area (Å²) in [7, 11) is 0. The number of amides is 1. The molecular weight excluding hydrogens is 330 g/mol. The number of aryl methyl sites for hydroxylation is 2. The molecule has 0 radical (unpaired) electrons. The van der Waals surface area contributed by atoms with Gasteiger partial charge in [0.15, 0.2) is 6.10 Å². The lowest BCUT2D eigenvalue weighted by Gasteiger charge is -2.24. The maximum atomic E-state index is 12.3. The minimum atomic E-state index is -0.786. The average Bonchev–Trinajstić information content (AvgIpc) is 2.97. The van der Waals surface area contributed by atoms with E-state index in [9.17, 15) is 9.59 Å². The molecule has 1 amide bonds. The SMILES string of the molecule is Cc1cc2occ(CC(=O)O[C@@H](C)C(=O)NC3CCCCC3)c2cc1C. The summed E-state index contributed by atoms with van der Waals surface area (Å²) in [6, 6.07) is 4.21. The van der Waals surface area contributed by atoms with Gasteiger partial charge in [0.2, 0.25) is 0 Å². The molecule has 1 atom stereocenters. The van der Waals surface area contributed by atoms with E-state index in [4.69, 9.17) is 9.15 Å². The van der Waals surface area contributed by atoms with Gasteiger partial charge < -0.3 is 14.5 Å². The standard InChI is InChI=1S/C21H27NO4/c1-13-9-18-16(12-25-19(18)10-14(13)2)11-20(23)26-15(3)21(24)22-17-7-5-4-6-8-17/h9-10,12,15,17H,4-8,11H2,1-3H3,(H,22,24)/t15-/m0/s1. The summed E-state index contributed by atoms with van der Waals surface area (Å²) in [6.07, 6.45) is 6.43. The van der Waals surface area contributed by atoms with Gasteiger partial charge in [-0.3, -0.25) is 9.59 Å². The third-order valence-corrected chi connectivity index (χ3v) is 5.23. The van der Waals surface area contributed by atoms with Crippen molar-refractivity contribution in [1.29, 1.82) is 0 Å². The van der Waals surface area contributed by atoms with Gasteiger partial charge in [0, 0.05) is 17.0 Å². The molecule has 1 N–H and O–H groups in total. The van der Waals surface area contributed by atoms with E-state index in [1.165, 1.54) is 6.42 Å². The maximum Gasteiger partial charge on any atom is 0.311 e. The highest BCUT2D eigenvalue weighted by Gasteiger charge is 2.23. The average molecular weight is 357 g/mol. The molecule has 5 nitrogen and oxygen atoms in total. The highest BCUT2D eigenvalue weighted by atomic mass is 16.5. The van der Waals surface area contributed by atoms with Crippen LogP contribution in [0.2, 0.25) is 0 Å². The lowest BCUT2D eigenvalue weighted by atomic mass is 9.95. The van der Waals surface area contributed by atoms with Crippen molar-refractivity contribution in [1.82, 2.24) is 5.32 Å². The molecule has 26 heavy (non-hydrogen) atoms. The second-order valence-electron chi connectivity index (χ2n) is 7.35. The second-order valence-corrected chi connectivity index (χ2v) is 7.35. The maximum absolute atomic E-state index is 12.3. The molecule has 1 aromatic heterocycles. The lowest BCUT2D eigenvalue weighted by molar-refractivity contribution is -0.154. The molecule has 1 fully saturated rings. The van der Waals surface area contributed by atoms with Crippen LogP contribution in [0.15, 0.2) is 22.8 Å². The Morgan fingerprint density at radius 3 is 2.62 bits per heavy atom. The number of benzene rings is 1. The number of carbonyl (C=O) groups excluding carboxylic acids is 2. The predicted octanol–water partition coefficient (Wildman–Crippen LogP) is 3.97. The fourth-order valence-corrected chi connectivity index (χ4v) is 3.49. The Labute approximate surface area is 154 Å². The van der Waals surface area contributed by atoms with E-state index in [2.05, 4.69) is 5.32 Å². The van der Waals surface area contributed by atoms with Crippen molar-refractivity contribution in [3.8, 4) is 0 Å². The third-order valence-electron chi connectivity index (χ3n) is 5.23. The Balaban J connectivity index is 1.58. The van der Waals surface area contributed by atoms with Crippen LogP contribution in [0, 0.1) is 13.8 Å². The Kier molecular flexibility index (Phi) is 5.64. The quantitative estimate of drug-likeness (QED) is 0.822. The molecule has 1 saturated carbocycles.